The summed E-state index contributed by atoms with van der Waals surface area (Å²) < 4.78 is 0. The molecule has 4 rings (SSSR count). The lowest BCUT2D eigenvalue weighted by Gasteiger charge is -2.32. The molecule has 1 aromatic heterocycles. The van der Waals surface area contributed by atoms with Crippen LogP contribution in [0.5, 0.6) is 0 Å². The van der Waals surface area contributed by atoms with E-state index in [2.05, 4.69) is 51.7 Å². The Morgan fingerprint density at radius 3 is 2.17 bits per heavy atom. The fourth-order valence-electron chi connectivity index (χ4n) is 3.53. The van der Waals surface area contributed by atoms with Gasteiger partial charge >= 0.3 is 0 Å². The topological polar surface area (TPSA) is 57.3 Å². The third-order valence-electron chi connectivity index (χ3n) is 5.37. The van der Waals surface area contributed by atoms with Crippen molar-refractivity contribution in [2.24, 2.45) is 5.92 Å². The Kier molecular flexibility index (Phi) is 5.75. The zero-order valence-electron chi connectivity index (χ0n) is 16.6. The maximum Gasteiger partial charge on any atom is 0.257 e. The van der Waals surface area contributed by atoms with E-state index in [9.17, 15) is 4.79 Å². The molecule has 5 heteroatoms. The van der Waals surface area contributed by atoms with Crippen LogP contribution in [-0.4, -0.2) is 24.0 Å². The van der Waals surface area contributed by atoms with Gasteiger partial charge in [0, 0.05) is 48.2 Å². The Morgan fingerprint density at radius 1 is 0.931 bits per heavy atom. The van der Waals surface area contributed by atoms with Crippen LogP contribution in [0.4, 0.5) is 22.7 Å². The van der Waals surface area contributed by atoms with E-state index >= 15 is 0 Å². The summed E-state index contributed by atoms with van der Waals surface area (Å²) in [6, 6.07) is 19.8. The predicted molar refractivity (Wildman–Crippen MR) is 119 cm³/mol. The van der Waals surface area contributed by atoms with Gasteiger partial charge in [-0.1, -0.05) is 6.92 Å². The minimum Gasteiger partial charge on any atom is -0.372 e. The van der Waals surface area contributed by atoms with E-state index in [1.165, 1.54) is 18.5 Å². The van der Waals surface area contributed by atoms with Gasteiger partial charge in [-0.2, -0.15) is 0 Å². The van der Waals surface area contributed by atoms with E-state index in [-0.39, 0.29) is 5.91 Å². The summed E-state index contributed by atoms with van der Waals surface area (Å²) in [5, 5.41) is 6.30. The first-order chi connectivity index (χ1) is 14.2. The number of aromatic nitrogens is 1. The van der Waals surface area contributed by atoms with Crippen LogP contribution in [0.2, 0.25) is 0 Å². The molecule has 3 aromatic rings. The number of benzene rings is 2. The predicted octanol–water partition coefficient (Wildman–Crippen LogP) is 5.31. The normalized spacial score (nSPS) is 14.4. The molecule has 0 spiro atoms. The quantitative estimate of drug-likeness (QED) is 0.624. The number of piperidine rings is 1. The highest BCUT2D eigenvalue weighted by Crippen LogP contribution is 2.26. The third kappa shape index (κ3) is 4.93. The number of anilines is 4. The highest BCUT2D eigenvalue weighted by molar-refractivity contribution is 6.04. The summed E-state index contributed by atoms with van der Waals surface area (Å²) in [5.74, 6) is 0.672. The van der Waals surface area contributed by atoms with Gasteiger partial charge in [0.15, 0.2) is 0 Å². The average Bonchev–Trinajstić information content (AvgIpc) is 2.77. The molecule has 0 aliphatic carbocycles. The fraction of sp³-hybridized carbons (Fsp3) is 0.250. The average molecular weight is 386 g/mol. The number of rotatable bonds is 5. The Hall–Kier alpha value is -3.34. The lowest BCUT2D eigenvalue weighted by Crippen LogP contribution is -2.32. The number of amides is 1. The van der Waals surface area contributed by atoms with Gasteiger partial charge in [0.1, 0.15) is 0 Å². The van der Waals surface area contributed by atoms with Crippen molar-refractivity contribution in [3.63, 3.8) is 0 Å². The molecule has 1 aliphatic rings. The molecule has 0 unspecified atom stereocenters. The van der Waals surface area contributed by atoms with Crippen LogP contribution >= 0.6 is 0 Å². The van der Waals surface area contributed by atoms with Crippen LogP contribution in [0.1, 0.15) is 30.1 Å². The van der Waals surface area contributed by atoms with Crippen LogP contribution in [0.15, 0.2) is 73.1 Å². The Bertz CT molecular complexity index is 931. The molecule has 1 aliphatic heterocycles. The summed E-state index contributed by atoms with van der Waals surface area (Å²) in [7, 11) is 0. The highest BCUT2D eigenvalue weighted by atomic mass is 16.1. The van der Waals surface area contributed by atoms with E-state index in [0.717, 1.165) is 36.1 Å². The molecular weight excluding hydrogens is 360 g/mol. The van der Waals surface area contributed by atoms with Crippen molar-refractivity contribution in [3.8, 4) is 0 Å². The van der Waals surface area contributed by atoms with Gasteiger partial charge in [0.05, 0.1) is 5.56 Å². The van der Waals surface area contributed by atoms with Crippen LogP contribution in [0, 0.1) is 5.92 Å². The van der Waals surface area contributed by atoms with Crippen LogP contribution in [0.25, 0.3) is 0 Å². The molecule has 2 aromatic carbocycles. The fourth-order valence-corrected chi connectivity index (χ4v) is 3.53. The summed E-state index contributed by atoms with van der Waals surface area (Å²) in [6.07, 6.45) is 5.74. The molecule has 1 saturated heterocycles. The molecule has 0 atom stereocenters. The van der Waals surface area contributed by atoms with E-state index < -0.39 is 0 Å². The van der Waals surface area contributed by atoms with Crippen molar-refractivity contribution in [1.82, 2.24) is 4.98 Å². The standard InChI is InChI=1S/C24H26N4O/c1-18-12-15-28(16-13-18)23-10-8-21(9-11-23)26-20-4-6-22(7-5-20)27-24(29)19-3-2-14-25-17-19/h2-11,14,17-18,26H,12-13,15-16H2,1H3,(H,27,29). The number of carbonyl (C=O) groups excluding carboxylic acids is 1. The monoisotopic (exact) mass is 386 g/mol. The van der Waals surface area contributed by atoms with Gasteiger partial charge in [-0.25, -0.2) is 0 Å². The second-order valence-electron chi connectivity index (χ2n) is 7.61. The highest BCUT2D eigenvalue weighted by Gasteiger charge is 2.15. The van der Waals surface area contributed by atoms with Gasteiger partial charge in [-0.15, -0.1) is 0 Å². The van der Waals surface area contributed by atoms with Crippen LogP contribution in [0.3, 0.4) is 0 Å². The second kappa shape index (κ2) is 8.78. The minimum absolute atomic E-state index is 0.165. The number of hydrogen-bond donors (Lipinski definition) is 2. The molecule has 29 heavy (non-hydrogen) atoms. The largest absolute Gasteiger partial charge is 0.372 e. The van der Waals surface area contributed by atoms with Crippen molar-refractivity contribution in [1.29, 1.82) is 0 Å². The van der Waals surface area contributed by atoms with Crippen molar-refractivity contribution in [3.05, 3.63) is 78.6 Å². The van der Waals surface area contributed by atoms with Crippen LogP contribution < -0.4 is 15.5 Å². The molecule has 1 amide bonds. The first-order valence-electron chi connectivity index (χ1n) is 10.1. The minimum atomic E-state index is -0.165. The summed E-state index contributed by atoms with van der Waals surface area (Å²) in [6.45, 7) is 4.61. The zero-order chi connectivity index (χ0) is 20.1. The van der Waals surface area contributed by atoms with E-state index in [1.807, 2.05) is 24.3 Å². The number of pyridine rings is 1. The number of nitrogens with zero attached hydrogens (tertiary/aromatic N) is 2. The van der Waals surface area contributed by atoms with Gasteiger partial charge in [0.2, 0.25) is 0 Å². The number of nitrogens with one attached hydrogen (secondary N) is 2. The Labute approximate surface area is 171 Å². The molecule has 0 radical (unpaired) electrons. The SMILES string of the molecule is CC1CCN(c2ccc(Nc3ccc(NC(=O)c4cccnc4)cc3)cc2)CC1. The molecule has 0 saturated carbocycles. The third-order valence-corrected chi connectivity index (χ3v) is 5.37. The Balaban J connectivity index is 1.34. The van der Waals surface area contributed by atoms with E-state index in [0.29, 0.717) is 5.56 Å². The number of carbonyl (C=O) groups is 1. The van der Waals surface area contributed by atoms with Crippen LogP contribution in [-0.2, 0) is 0 Å². The Morgan fingerprint density at radius 2 is 1.55 bits per heavy atom. The van der Waals surface area contributed by atoms with Crippen molar-refractivity contribution in [2.75, 3.05) is 28.6 Å². The van der Waals surface area contributed by atoms with E-state index in [1.54, 1.807) is 24.5 Å². The lowest BCUT2D eigenvalue weighted by atomic mass is 9.99. The first kappa shape index (κ1) is 19.0. The molecule has 2 N–H and O–H groups in total. The molecule has 5 nitrogen and oxygen atoms in total. The summed E-state index contributed by atoms with van der Waals surface area (Å²) in [5.41, 5.74) is 4.60. The maximum absolute atomic E-state index is 12.2. The van der Waals surface area contributed by atoms with Gasteiger partial charge in [-0.3, -0.25) is 9.78 Å². The second-order valence-corrected chi connectivity index (χ2v) is 7.61. The molecular formula is C24H26N4O. The van der Waals surface area contributed by atoms with Gasteiger partial charge in [0.25, 0.3) is 5.91 Å². The molecule has 2 heterocycles. The van der Waals surface area contributed by atoms with Crippen molar-refractivity contribution in [2.45, 2.75) is 19.8 Å². The molecule has 0 bridgehead atoms. The van der Waals surface area contributed by atoms with E-state index in [4.69, 9.17) is 0 Å². The smallest absolute Gasteiger partial charge is 0.257 e. The lowest BCUT2D eigenvalue weighted by molar-refractivity contribution is 0.102. The molecule has 1 fully saturated rings. The summed E-state index contributed by atoms with van der Waals surface area (Å²) >= 11 is 0. The number of hydrogen-bond acceptors (Lipinski definition) is 4. The van der Waals surface area contributed by atoms with Gasteiger partial charge < -0.3 is 15.5 Å². The van der Waals surface area contributed by atoms with Gasteiger partial charge in [-0.05, 0) is 79.4 Å². The molecule has 148 valence electrons. The summed E-state index contributed by atoms with van der Waals surface area (Å²) in [4.78, 5) is 18.6. The zero-order valence-corrected chi connectivity index (χ0v) is 16.6. The van der Waals surface area contributed by atoms with Crippen molar-refractivity contribution < 1.29 is 4.79 Å². The van der Waals surface area contributed by atoms with Crippen molar-refractivity contribution >= 4 is 28.7 Å². The maximum atomic E-state index is 12.2. The first-order valence-corrected chi connectivity index (χ1v) is 10.1.